The van der Waals surface area contributed by atoms with Gasteiger partial charge in [0, 0.05) is 55.0 Å². The third kappa shape index (κ3) is 5.14. The molecule has 42 heavy (non-hydrogen) atoms. The van der Waals surface area contributed by atoms with Crippen LogP contribution in [0.4, 0.5) is 5.69 Å². The number of benzene rings is 2. The molecule has 0 N–H and O–H groups in total. The summed E-state index contributed by atoms with van der Waals surface area (Å²) in [4.78, 5) is 47.5. The van der Waals surface area contributed by atoms with Gasteiger partial charge in [-0.05, 0) is 56.1 Å². The van der Waals surface area contributed by atoms with Crippen LogP contribution in [-0.4, -0.2) is 66.5 Å². The number of carbonyl (C=O) groups excluding carboxylic acids is 3. The average molecular weight is 568 g/mol. The molecule has 0 radical (unpaired) electrons. The first kappa shape index (κ1) is 27.9. The Kier molecular flexibility index (Phi) is 7.96. The third-order valence-electron chi connectivity index (χ3n) is 8.88. The topological polar surface area (TPSA) is 88.5 Å². The Morgan fingerprint density at radius 1 is 1.12 bits per heavy atom. The van der Waals surface area contributed by atoms with Crippen LogP contribution in [0.5, 0.6) is 11.5 Å². The van der Waals surface area contributed by atoms with Crippen molar-refractivity contribution in [1.29, 1.82) is 0 Å². The Balaban J connectivity index is 1.03. The zero-order chi connectivity index (χ0) is 29.2. The molecule has 0 saturated carbocycles. The molecule has 2 fully saturated rings. The fourth-order valence-corrected chi connectivity index (χ4v) is 6.80. The maximum Gasteiger partial charge on any atom is 0.256 e. The van der Waals surface area contributed by atoms with E-state index in [9.17, 15) is 14.4 Å². The van der Waals surface area contributed by atoms with Crippen molar-refractivity contribution >= 4 is 29.5 Å². The smallest absolute Gasteiger partial charge is 0.256 e. The Labute approximate surface area is 246 Å². The quantitative estimate of drug-likeness (QED) is 0.265. The Bertz CT molecular complexity index is 1480. The summed E-state index contributed by atoms with van der Waals surface area (Å²) in [7, 11) is 1.57. The molecule has 0 spiro atoms. The summed E-state index contributed by atoms with van der Waals surface area (Å²) < 4.78 is 11.6. The highest BCUT2D eigenvalue weighted by atomic mass is 16.5. The van der Waals surface area contributed by atoms with Crippen molar-refractivity contribution in [3.8, 4) is 11.5 Å². The van der Waals surface area contributed by atoms with E-state index in [0.29, 0.717) is 42.3 Å². The van der Waals surface area contributed by atoms with Crippen LogP contribution in [0.1, 0.15) is 77.1 Å². The first-order chi connectivity index (χ1) is 20.5. The van der Waals surface area contributed by atoms with Crippen molar-refractivity contribution in [2.24, 2.45) is 10.9 Å². The summed E-state index contributed by atoms with van der Waals surface area (Å²) >= 11 is 0. The molecular weight excluding hydrogens is 530 g/mol. The van der Waals surface area contributed by atoms with E-state index in [1.165, 1.54) is 0 Å². The number of amides is 2. The summed E-state index contributed by atoms with van der Waals surface area (Å²) in [5.41, 5.74) is 3.72. The maximum atomic E-state index is 13.3. The number of aliphatic imine (C=N–C) groups is 1. The van der Waals surface area contributed by atoms with Crippen LogP contribution in [0.2, 0.25) is 0 Å². The normalized spacial score (nSPS) is 22.1. The van der Waals surface area contributed by atoms with E-state index in [4.69, 9.17) is 9.47 Å². The Morgan fingerprint density at radius 3 is 2.81 bits per heavy atom. The average Bonchev–Trinajstić information content (AvgIpc) is 3.59. The highest BCUT2D eigenvalue weighted by Crippen LogP contribution is 2.47. The number of methoxy groups -OCH3 is 1. The SMILES string of the molecule is C=CC[C@H]1CN(C(=O)CCCCCOc2cc3c(cc2OC)C(=O)N2CCC[C@H]2C=N3)C2=CC(=O)c3ccccc3C21. The molecule has 1 unspecified atom stereocenters. The van der Waals surface area contributed by atoms with Crippen molar-refractivity contribution < 1.29 is 23.9 Å². The van der Waals surface area contributed by atoms with Crippen LogP contribution in [0.3, 0.4) is 0 Å². The van der Waals surface area contributed by atoms with Crippen molar-refractivity contribution in [3.05, 3.63) is 77.5 Å². The Morgan fingerprint density at radius 2 is 1.98 bits per heavy atom. The van der Waals surface area contributed by atoms with Gasteiger partial charge in [0.15, 0.2) is 17.3 Å². The molecule has 6 rings (SSSR count). The first-order valence-corrected chi connectivity index (χ1v) is 15.0. The number of carbonyl (C=O) groups is 3. The minimum absolute atomic E-state index is 0.0165. The molecule has 2 aromatic carbocycles. The number of nitrogens with zero attached hydrogens (tertiary/aromatic N) is 3. The van der Waals surface area contributed by atoms with E-state index in [-0.39, 0.29) is 35.5 Å². The second-order valence-electron chi connectivity index (χ2n) is 11.5. The van der Waals surface area contributed by atoms with E-state index in [0.717, 1.165) is 61.9 Å². The molecule has 2 amide bonds. The van der Waals surface area contributed by atoms with Gasteiger partial charge in [-0.2, -0.15) is 0 Å². The number of allylic oxidation sites excluding steroid dienone is 3. The lowest BCUT2D eigenvalue weighted by molar-refractivity contribution is -0.128. The van der Waals surface area contributed by atoms with Gasteiger partial charge in [-0.25, -0.2) is 0 Å². The number of fused-ring (bicyclic) bond motifs is 5. The molecule has 218 valence electrons. The first-order valence-electron chi connectivity index (χ1n) is 15.0. The number of ether oxygens (including phenoxy) is 2. The number of ketones is 1. The van der Waals surface area contributed by atoms with Crippen LogP contribution in [0, 0.1) is 5.92 Å². The van der Waals surface area contributed by atoms with Crippen LogP contribution in [0.25, 0.3) is 0 Å². The number of hydrogen-bond donors (Lipinski definition) is 0. The molecule has 3 heterocycles. The zero-order valence-corrected chi connectivity index (χ0v) is 24.1. The molecule has 2 aromatic rings. The van der Waals surface area contributed by atoms with Crippen LogP contribution in [0.15, 0.2) is 65.8 Å². The Hall–Kier alpha value is -4.20. The summed E-state index contributed by atoms with van der Waals surface area (Å²) in [6.45, 7) is 5.73. The fourth-order valence-electron chi connectivity index (χ4n) is 6.80. The number of rotatable bonds is 10. The van der Waals surface area contributed by atoms with Gasteiger partial charge in [0.1, 0.15) is 0 Å². The molecule has 3 aliphatic heterocycles. The lowest BCUT2D eigenvalue weighted by atomic mass is 9.78. The standard InChI is InChI=1S/C34H37N3O5/c1-3-10-22-21-37(28-19-29(38)24-12-6-7-13-25(24)33(22)28)32(39)14-5-4-8-16-42-31-18-27-26(17-30(31)41-2)34(40)36-15-9-11-23(36)20-35-27/h3,6-7,12-13,17-20,22-23,33H,1,4-5,8-11,14-16,21H2,2H3/t22-,23-,33?/m0/s1. The molecule has 1 aliphatic carbocycles. The lowest BCUT2D eigenvalue weighted by Gasteiger charge is -2.26. The van der Waals surface area contributed by atoms with Gasteiger partial charge in [0.2, 0.25) is 5.91 Å². The number of likely N-dealkylation sites (tertiary alicyclic amines) is 1. The summed E-state index contributed by atoms with van der Waals surface area (Å²) in [6, 6.07) is 11.3. The third-order valence-corrected chi connectivity index (χ3v) is 8.88. The van der Waals surface area contributed by atoms with Crippen molar-refractivity contribution in [3.63, 3.8) is 0 Å². The number of unbranched alkanes of at least 4 members (excludes halogenated alkanes) is 2. The molecule has 8 heteroatoms. The minimum atomic E-state index is -0.0327. The summed E-state index contributed by atoms with van der Waals surface area (Å²) in [5.74, 6) is 1.34. The van der Waals surface area contributed by atoms with Gasteiger partial charge in [0.05, 0.1) is 31.0 Å². The monoisotopic (exact) mass is 567 g/mol. The summed E-state index contributed by atoms with van der Waals surface area (Å²) in [6.07, 6.45) is 10.9. The molecule has 4 aliphatic rings. The molecule has 0 bridgehead atoms. The van der Waals surface area contributed by atoms with Crippen molar-refractivity contribution in [2.45, 2.75) is 56.9 Å². The van der Waals surface area contributed by atoms with Crippen molar-refractivity contribution in [1.82, 2.24) is 9.80 Å². The predicted octanol–water partition coefficient (Wildman–Crippen LogP) is 5.85. The van der Waals surface area contributed by atoms with Crippen LogP contribution < -0.4 is 9.47 Å². The highest BCUT2D eigenvalue weighted by molar-refractivity contribution is 6.08. The van der Waals surface area contributed by atoms with E-state index in [1.807, 2.05) is 46.4 Å². The molecule has 8 nitrogen and oxygen atoms in total. The van der Waals surface area contributed by atoms with E-state index in [2.05, 4.69) is 11.6 Å². The zero-order valence-electron chi connectivity index (χ0n) is 24.1. The van der Waals surface area contributed by atoms with E-state index in [1.54, 1.807) is 25.3 Å². The largest absolute Gasteiger partial charge is 0.493 e. The van der Waals surface area contributed by atoms with Gasteiger partial charge in [-0.3, -0.25) is 19.4 Å². The van der Waals surface area contributed by atoms with Gasteiger partial charge < -0.3 is 19.3 Å². The molecule has 3 atom stereocenters. The van der Waals surface area contributed by atoms with Gasteiger partial charge in [-0.1, -0.05) is 30.3 Å². The summed E-state index contributed by atoms with van der Waals surface area (Å²) in [5, 5.41) is 0. The molecule has 0 aromatic heterocycles. The lowest BCUT2D eigenvalue weighted by Crippen LogP contribution is -2.35. The van der Waals surface area contributed by atoms with Crippen LogP contribution in [-0.2, 0) is 4.79 Å². The highest BCUT2D eigenvalue weighted by Gasteiger charge is 2.43. The molecule has 2 saturated heterocycles. The van der Waals surface area contributed by atoms with Gasteiger partial charge >= 0.3 is 0 Å². The minimum Gasteiger partial charge on any atom is -0.493 e. The van der Waals surface area contributed by atoms with E-state index < -0.39 is 0 Å². The predicted molar refractivity (Wildman–Crippen MR) is 161 cm³/mol. The van der Waals surface area contributed by atoms with E-state index >= 15 is 0 Å². The number of hydrogen-bond acceptors (Lipinski definition) is 6. The fraction of sp³-hybridized carbons (Fsp3) is 0.412. The molecular formula is C34H37N3O5. The second-order valence-corrected chi connectivity index (χ2v) is 11.5. The second kappa shape index (κ2) is 12.0. The van der Waals surface area contributed by atoms with Crippen LogP contribution >= 0.6 is 0 Å². The van der Waals surface area contributed by atoms with Crippen molar-refractivity contribution in [2.75, 3.05) is 26.8 Å². The maximum absolute atomic E-state index is 13.3. The van der Waals surface area contributed by atoms with Gasteiger partial charge in [-0.15, -0.1) is 6.58 Å². The van der Waals surface area contributed by atoms with Gasteiger partial charge in [0.25, 0.3) is 5.91 Å².